The molecule has 66 heavy (non-hydrogen) atoms. The van der Waals surface area contributed by atoms with Crippen molar-refractivity contribution in [1.29, 1.82) is 0 Å². The molecule has 2 aliphatic rings. The average Bonchev–Trinajstić information content (AvgIpc) is 3.89. The van der Waals surface area contributed by atoms with Crippen LogP contribution in [0.5, 0.6) is 23.0 Å². The number of hydrogen-bond donors (Lipinski definition) is 10. The normalized spacial score (nSPS) is 15.8. The molecular formula is C38H36N12NaO12S3. The van der Waals surface area contributed by atoms with Crippen molar-refractivity contribution in [1.82, 2.24) is 51.0 Å². The van der Waals surface area contributed by atoms with Crippen molar-refractivity contribution in [2.75, 3.05) is 17.2 Å². The molecule has 339 valence electrons. The maximum Gasteiger partial charge on any atom is 0.352 e. The summed E-state index contributed by atoms with van der Waals surface area (Å²) >= 11 is 3.39. The van der Waals surface area contributed by atoms with Gasteiger partial charge in [-0.3, -0.25) is 39.7 Å². The minimum atomic E-state index is -1.84. The Morgan fingerprint density at radius 1 is 0.955 bits per heavy atom. The average molecular weight is 972 g/mol. The first-order valence-electron chi connectivity index (χ1n) is 18.8. The van der Waals surface area contributed by atoms with Crippen LogP contribution in [0.2, 0.25) is 0 Å². The molecule has 11 N–H and O–H groups in total. The van der Waals surface area contributed by atoms with E-state index >= 15 is 0 Å². The number of amides is 5. The van der Waals surface area contributed by atoms with Gasteiger partial charge in [-0.25, -0.2) is 14.8 Å². The van der Waals surface area contributed by atoms with E-state index in [1.165, 1.54) is 65.5 Å². The molecule has 5 heterocycles. The number of nitrogens with zero attached hydrogens (tertiary/aromatic N) is 7. The number of rotatable bonds is 14. The molecular weight excluding hydrogens is 936 g/mol. The first-order valence-corrected chi connectivity index (χ1v) is 21.7. The molecule has 2 atom stereocenters. The van der Waals surface area contributed by atoms with Crippen LogP contribution in [0.3, 0.4) is 0 Å². The number of thioether (sulfide) groups is 2. The number of aryl methyl sites for hydroxylation is 1. The Balaban J connectivity index is 0.00000720. The number of anilines is 1. The number of fused-ring (bicyclic) bond motifs is 2. The van der Waals surface area contributed by atoms with Crippen molar-refractivity contribution in [3.8, 4) is 23.0 Å². The van der Waals surface area contributed by atoms with Gasteiger partial charge in [0.25, 0.3) is 35.3 Å². The Hall–Kier alpha value is -6.65. The number of nitrogen functional groups attached to an aromatic ring is 1. The summed E-state index contributed by atoms with van der Waals surface area (Å²) in [4.78, 5) is 97.7. The Kier molecular flexibility index (Phi) is 14.7. The molecule has 0 unspecified atom stereocenters. The van der Waals surface area contributed by atoms with Crippen molar-refractivity contribution in [2.45, 2.75) is 49.4 Å². The number of aromatic hydroxyl groups is 4. The molecule has 1 saturated heterocycles. The van der Waals surface area contributed by atoms with E-state index in [1.807, 2.05) is 0 Å². The van der Waals surface area contributed by atoms with Gasteiger partial charge >= 0.3 is 5.97 Å². The molecule has 2 aromatic carbocycles. The Morgan fingerprint density at radius 2 is 1.62 bits per heavy atom. The van der Waals surface area contributed by atoms with Crippen LogP contribution in [0.1, 0.15) is 51.8 Å². The number of nitrogens with one attached hydrogen (secondary N) is 4. The van der Waals surface area contributed by atoms with Crippen molar-refractivity contribution < 1.29 is 59.1 Å². The van der Waals surface area contributed by atoms with E-state index in [-0.39, 0.29) is 92.6 Å². The minimum absolute atomic E-state index is 0. The molecule has 0 spiro atoms. The number of aromatic nitrogens is 5. The number of thiazole rings is 1. The van der Waals surface area contributed by atoms with Gasteiger partial charge in [-0.2, -0.15) is 9.50 Å². The molecule has 5 aromatic rings. The standard InChI is InChI=1S/C38H36N12O12S3.Na/c1-15-8-25(50-37(41-15)43-24(47-50)11-40-29(55)16-4-6-20(51)22(53)9-16)63-12-18-13-64-33-27(32(58)49(33)28(18)34(59)60)44-31(57)26(19-14-65-36(39)42-19)48-62-38(2,3)35(61)46-45-30(56)17-5-7-21(52)23(54)10-17;/h4-10,14,27,33,51-54H,11-13H2,1-3H3,(H2,39,42)(H,40,55)(H,44,57)(H,45,56)(H,46,61)(H,59,60);/t27-,33-;/m1./s1. The van der Waals surface area contributed by atoms with Crippen LogP contribution in [-0.4, -0.2) is 154 Å². The number of aliphatic carboxylic acids is 1. The van der Waals surface area contributed by atoms with Crippen molar-refractivity contribution in [3.63, 3.8) is 0 Å². The Labute approximate surface area is 406 Å². The summed E-state index contributed by atoms with van der Waals surface area (Å²) in [5.74, 6) is -6.57. The zero-order valence-electron chi connectivity index (χ0n) is 34.9. The van der Waals surface area contributed by atoms with Gasteiger partial charge in [-0.15, -0.1) is 40.0 Å². The molecule has 28 heteroatoms. The van der Waals surface area contributed by atoms with E-state index < -0.39 is 75.5 Å². The number of phenolic OH excluding ortho intramolecular Hbond substituents is 4. The van der Waals surface area contributed by atoms with Gasteiger partial charge in [0.1, 0.15) is 27.8 Å². The molecule has 0 saturated carbocycles. The smallest absolute Gasteiger partial charge is 0.352 e. The molecule has 0 aliphatic carbocycles. The third-order valence-electron chi connectivity index (χ3n) is 9.45. The number of phenols is 4. The van der Waals surface area contributed by atoms with E-state index in [2.05, 4.69) is 46.7 Å². The molecule has 1 fully saturated rings. The number of carbonyl (C=O) groups is 6. The maximum absolute atomic E-state index is 13.8. The molecule has 5 amide bonds. The van der Waals surface area contributed by atoms with Crippen LogP contribution in [0.4, 0.5) is 5.13 Å². The van der Waals surface area contributed by atoms with Gasteiger partial charge < -0.3 is 46.7 Å². The van der Waals surface area contributed by atoms with Crippen molar-refractivity contribution in [3.05, 3.63) is 87.5 Å². The van der Waals surface area contributed by atoms with E-state index in [0.29, 0.717) is 16.3 Å². The first-order chi connectivity index (χ1) is 30.8. The van der Waals surface area contributed by atoms with Crippen molar-refractivity contribution >= 4 is 117 Å². The molecule has 2 aliphatic heterocycles. The number of carboxylic acids is 1. The number of carbonyl (C=O) groups excluding carboxylic acids is 5. The van der Waals surface area contributed by atoms with E-state index in [0.717, 1.165) is 34.4 Å². The van der Waals surface area contributed by atoms with Crippen LogP contribution in [0, 0.1) is 6.92 Å². The molecule has 7 rings (SSSR count). The second kappa shape index (κ2) is 19.8. The van der Waals surface area contributed by atoms with Gasteiger partial charge in [0.2, 0.25) is 5.60 Å². The summed E-state index contributed by atoms with van der Waals surface area (Å²) in [6.45, 7) is 4.17. The quantitative estimate of drug-likeness (QED) is 0.0136. The van der Waals surface area contributed by atoms with Crippen LogP contribution >= 0.6 is 34.9 Å². The Morgan fingerprint density at radius 3 is 2.24 bits per heavy atom. The van der Waals surface area contributed by atoms with Crippen LogP contribution in [0.15, 0.2) is 69.3 Å². The minimum Gasteiger partial charge on any atom is -0.504 e. The zero-order chi connectivity index (χ0) is 46.9. The fourth-order valence-corrected chi connectivity index (χ4v) is 9.15. The third-order valence-corrected chi connectivity index (χ3v) is 12.5. The van der Waals surface area contributed by atoms with Crippen LogP contribution in [-0.2, 0) is 30.6 Å². The molecule has 1 radical (unpaired) electrons. The predicted octanol–water partition coefficient (Wildman–Crippen LogP) is 0.334. The first kappa shape index (κ1) is 48.8. The summed E-state index contributed by atoms with van der Waals surface area (Å²) in [6.07, 6.45) is 0. The summed E-state index contributed by atoms with van der Waals surface area (Å²) in [5.41, 5.74) is 8.43. The van der Waals surface area contributed by atoms with Gasteiger partial charge in [-0.05, 0) is 68.8 Å². The summed E-state index contributed by atoms with van der Waals surface area (Å²) < 4.78 is 1.43. The maximum atomic E-state index is 13.8. The number of nitrogens with two attached hydrogens (primary N) is 1. The summed E-state index contributed by atoms with van der Waals surface area (Å²) in [5, 5.41) is 63.5. The SMILES string of the molecule is Cc1cc(SCC2=C(C(=O)O)N3C(=O)[C@@H](NC(=O)C(=NOC(C)(C)C(=O)NNC(=O)c4ccc(O)c(O)c4)c4csc(N)n4)[C@H]3SC2)n2nc(CNC(=O)c3ccc(O)c(O)c3)nc2n1.[Na]. The van der Waals surface area contributed by atoms with Gasteiger partial charge in [0.15, 0.2) is 39.7 Å². The van der Waals surface area contributed by atoms with Crippen molar-refractivity contribution in [2.24, 2.45) is 5.16 Å². The summed E-state index contributed by atoms with van der Waals surface area (Å²) in [7, 11) is 0. The second-order valence-electron chi connectivity index (χ2n) is 14.5. The molecule has 3 aromatic heterocycles. The number of β-lactam (4-membered cyclic amide) rings is 1. The number of hydrazine groups is 1. The number of oxime groups is 1. The predicted molar refractivity (Wildman–Crippen MR) is 236 cm³/mol. The molecule has 0 bridgehead atoms. The fraction of sp³-hybridized carbons (Fsp3) is 0.237. The number of benzene rings is 2. The topological polar surface area (TPSA) is 359 Å². The van der Waals surface area contributed by atoms with Crippen LogP contribution < -0.4 is 27.2 Å². The van der Waals surface area contributed by atoms with E-state index in [4.69, 9.17) is 10.6 Å². The number of hydrogen-bond acceptors (Lipinski definition) is 20. The zero-order valence-corrected chi connectivity index (χ0v) is 39.4. The van der Waals surface area contributed by atoms with Gasteiger partial charge in [0.05, 0.1) is 6.54 Å². The molecule has 24 nitrogen and oxygen atoms in total. The fourth-order valence-electron chi connectivity index (χ4n) is 6.07. The summed E-state index contributed by atoms with van der Waals surface area (Å²) in [6, 6.07) is 7.38. The van der Waals surface area contributed by atoms with Gasteiger partial charge in [0, 0.05) is 63.3 Å². The number of carboxylic acid groups (broad SMARTS) is 1. The monoisotopic (exact) mass is 971 g/mol. The van der Waals surface area contributed by atoms with E-state index in [9.17, 15) is 54.3 Å². The second-order valence-corrected chi connectivity index (χ2v) is 17.5. The van der Waals surface area contributed by atoms with Crippen LogP contribution in [0.25, 0.3) is 5.78 Å². The third kappa shape index (κ3) is 10.4. The van der Waals surface area contributed by atoms with Gasteiger partial charge in [-0.1, -0.05) is 5.16 Å². The Bertz CT molecular complexity index is 2870. The largest absolute Gasteiger partial charge is 0.504 e. The van der Waals surface area contributed by atoms with E-state index in [1.54, 1.807) is 13.0 Å².